The second-order valence-corrected chi connectivity index (χ2v) is 4.59. The monoisotopic (exact) mass is 418 g/mol. The minimum Gasteiger partial charge on any atom is -0.496 e. The van der Waals surface area contributed by atoms with Crippen molar-refractivity contribution in [3.63, 3.8) is 0 Å². The summed E-state index contributed by atoms with van der Waals surface area (Å²) in [5, 5.41) is 0. The summed E-state index contributed by atoms with van der Waals surface area (Å²) in [4.78, 5) is 11.3. The number of hydrogen-bond donors (Lipinski definition) is 0. The number of hydrogen-bond acceptors (Lipinski definition) is 3. The van der Waals surface area contributed by atoms with Crippen LogP contribution in [0.25, 0.3) is 0 Å². The smallest absolute Gasteiger partial charge is 0.338 e. The van der Waals surface area contributed by atoms with Crippen LogP contribution < -0.4 is 4.74 Å². The first-order valence-electron chi connectivity index (χ1n) is 3.72. The summed E-state index contributed by atoms with van der Waals surface area (Å²) in [6.07, 6.45) is 0. The zero-order chi connectivity index (χ0) is 10.7. The summed E-state index contributed by atoms with van der Waals surface area (Å²) in [7, 11) is 2.97. The first-order valence-corrected chi connectivity index (χ1v) is 5.88. The van der Waals surface area contributed by atoms with Crippen LogP contribution in [-0.2, 0) is 4.74 Å². The molecule has 0 N–H and O–H groups in total. The van der Waals surface area contributed by atoms with E-state index >= 15 is 0 Å². The first-order chi connectivity index (χ1) is 6.61. The van der Waals surface area contributed by atoms with Crippen LogP contribution in [0.5, 0.6) is 5.75 Å². The average Bonchev–Trinajstić information content (AvgIpc) is 2.21. The predicted octanol–water partition coefficient (Wildman–Crippen LogP) is 2.69. The lowest BCUT2D eigenvalue weighted by molar-refractivity contribution is 0.0599. The van der Waals surface area contributed by atoms with Crippen molar-refractivity contribution >= 4 is 51.2 Å². The molecule has 0 bridgehead atoms. The molecule has 0 saturated carbocycles. The summed E-state index contributed by atoms with van der Waals surface area (Å²) < 4.78 is 11.6. The van der Waals surface area contributed by atoms with Crippen molar-refractivity contribution in [2.45, 2.75) is 0 Å². The Morgan fingerprint density at radius 3 is 2.36 bits per heavy atom. The van der Waals surface area contributed by atoms with E-state index in [0.717, 1.165) is 12.9 Å². The van der Waals surface area contributed by atoms with Crippen LogP contribution >= 0.6 is 45.2 Å². The maximum atomic E-state index is 11.3. The molecule has 14 heavy (non-hydrogen) atoms. The standard InChI is InChI=1S/C9H8I2O3/c1-13-6-4-3-5(9(12)14-2)7(10)8(6)11/h3-4H,1-2H3. The van der Waals surface area contributed by atoms with Gasteiger partial charge in [0, 0.05) is 3.57 Å². The third-order valence-electron chi connectivity index (χ3n) is 1.67. The molecule has 0 spiro atoms. The number of carbonyl (C=O) groups excluding carboxylic acids is 1. The molecule has 1 aromatic rings. The van der Waals surface area contributed by atoms with Crippen LogP contribution in [0.2, 0.25) is 0 Å². The minimum atomic E-state index is -0.324. The third kappa shape index (κ3) is 2.30. The van der Waals surface area contributed by atoms with Crippen LogP contribution in [0, 0.1) is 7.14 Å². The molecule has 0 atom stereocenters. The van der Waals surface area contributed by atoms with Gasteiger partial charge in [-0.2, -0.15) is 0 Å². The third-order valence-corrected chi connectivity index (χ3v) is 4.90. The summed E-state index contributed by atoms with van der Waals surface area (Å²) in [5.74, 6) is 0.442. The van der Waals surface area contributed by atoms with E-state index in [1.54, 1.807) is 19.2 Å². The van der Waals surface area contributed by atoms with Crippen LogP contribution in [0.1, 0.15) is 10.4 Å². The van der Waals surface area contributed by atoms with E-state index in [0.29, 0.717) is 5.56 Å². The summed E-state index contributed by atoms with van der Waals surface area (Å²) in [5.41, 5.74) is 0.568. The Morgan fingerprint density at radius 1 is 1.21 bits per heavy atom. The Labute approximate surface area is 109 Å². The van der Waals surface area contributed by atoms with E-state index in [4.69, 9.17) is 4.74 Å². The van der Waals surface area contributed by atoms with Gasteiger partial charge in [0.05, 0.1) is 23.4 Å². The Kier molecular flexibility index (Phi) is 4.42. The molecule has 0 saturated heterocycles. The van der Waals surface area contributed by atoms with Crippen molar-refractivity contribution in [2.75, 3.05) is 14.2 Å². The van der Waals surface area contributed by atoms with E-state index in [9.17, 15) is 4.79 Å². The second-order valence-electron chi connectivity index (χ2n) is 2.43. The lowest BCUT2D eigenvalue weighted by atomic mass is 10.2. The maximum Gasteiger partial charge on any atom is 0.338 e. The molecule has 3 nitrogen and oxygen atoms in total. The fourth-order valence-electron chi connectivity index (χ4n) is 0.957. The highest BCUT2D eigenvalue weighted by Crippen LogP contribution is 2.28. The summed E-state index contributed by atoms with van der Waals surface area (Å²) in [6.45, 7) is 0. The normalized spacial score (nSPS) is 9.71. The van der Waals surface area contributed by atoms with Gasteiger partial charge in [0.25, 0.3) is 0 Å². The number of esters is 1. The lowest BCUT2D eigenvalue weighted by Gasteiger charge is -2.08. The molecule has 0 unspecified atom stereocenters. The number of methoxy groups -OCH3 is 2. The molecular formula is C9H8I2O3. The molecule has 0 aliphatic rings. The van der Waals surface area contributed by atoms with Gasteiger partial charge in [0.15, 0.2) is 0 Å². The highest BCUT2D eigenvalue weighted by atomic mass is 127. The average molecular weight is 418 g/mol. The Hall–Kier alpha value is -0.0500. The molecule has 0 fully saturated rings. The Balaban J connectivity index is 3.24. The van der Waals surface area contributed by atoms with Gasteiger partial charge in [-0.15, -0.1) is 0 Å². The largest absolute Gasteiger partial charge is 0.496 e. The molecule has 0 heterocycles. The van der Waals surface area contributed by atoms with Crippen molar-refractivity contribution in [3.05, 3.63) is 24.8 Å². The molecule has 0 radical (unpaired) electrons. The number of ether oxygens (including phenoxy) is 2. The van der Waals surface area contributed by atoms with Crippen LogP contribution in [0.3, 0.4) is 0 Å². The van der Waals surface area contributed by atoms with E-state index in [-0.39, 0.29) is 5.97 Å². The molecular weight excluding hydrogens is 410 g/mol. The van der Waals surface area contributed by atoms with Gasteiger partial charge >= 0.3 is 5.97 Å². The lowest BCUT2D eigenvalue weighted by Crippen LogP contribution is -2.05. The van der Waals surface area contributed by atoms with E-state index in [1.807, 2.05) is 0 Å². The zero-order valence-electron chi connectivity index (χ0n) is 7.64. The number of rotatable bonds is 2. The van der Waals surface area contributed by atoms with Gasteiger partial charge in [-0.05, 0) is 57.3 Å². The van der Waals surface area contributed by atoms with Crippen LogP contribution in [0.4, 0.5) is 0 Å². The fraction of sp³-hybridized carbons (Fsp3) is 0.222. The quantitative estimate of drug-likeness (QED) is 0.548. The molecule has 0 aliphatic carbocycles. The fourth-order valence-corrected chi connectivity index (χ4v) is 2.31. The van der Waals surface area contributed by atoms with Crippen LogP contribution in [0.15, 0.2) is 12.1 Å². The minimum absolute atomic E-state index is 0.324. The molecule has 1 rings (SSSR count). The first kappa shape index (κ1) is 12.0. The second kappa shape index (κ2) is 5.15. The predicted molar refractivity (Wildman–Crippen MR) is 69.8 cm³/mol. The van der Waals surface area contributed by atoms with Crippen molar-refractivity contribution in [1.82, 2.24) is 0 Å². The molecule has 0 aliphatic heterocycles. The summed E-state index contributed by atoms with van der Waals surface area (Å²) >= 11 is 4.24. The molecule has 0 aromatic heterocycles. The van der Waals surface area contributed by atoms with Gasteiger partial charge in [0.2, 0.25) is 0 Å². The van der Waals surface area contributed by atoms with Crippen molar-refractivity contribution in [3.8, 4) is 5.75 Å². The SMILES string of the molecule is COC(=O)c1ccc(OC)c(I)c1I. The maximum absolute atomic E-state index is 11.3. The Bertz CT molecular complexity index is 363. The molecule has 0 amide bonds. The highest BCUT2D eigenvalue weighted by Gasteiger charge is 2.15. The van der Waals surface area contributed by atoms with Gasteiger partial charge < -0.3 is 9.47 Å². The van der Waals surface area contributed by atoms with Gasteiger partial charge in [0.1, 0.15) is 5.75 Å². The number of carbonyl (C=O) groups is 1. The number of benzene rings is 1. The van der Waals surface area contributed by atoms with Crippen molar-refractivity contribution < 1.29 is 14.3 Å². The number of halogens is 2. The van der Waals surface area contributed by atoms with E-state index in [2.05, 4.69) is 49.9 Å². The molecule has 76 valence electrons. The zero-order valence-corrected chi connectivity index (χ0v) is 12.0. The molecule has 5 heteroatoms. The van der Waals surface area contributed by atoms with Gasteiger partial charge in [-0.1, -0.05) is 0 Å². The van der Waals surface area contributed by atoms with E-state index < -0.39 is 0 Å². The van der Waals surface area contributed by atoms with Gasteiger partial charge in [-0.25, -0.2) is 4.79 Å². The Morgan fingerprint density at radius 2 is 1.86 bits per heavy atom. The van der Waals surface area contributed by atoms with E-state index in [1.165, 1.54) is 7.11 Å². The van der Waals surface area contributed by atoms with Crippen LogP contribution in [-0.4, -0.2) is 20.2 Å². The topological polar surface area (TPSA) is 35.5 Å². The summed E-state index contributed by atoms with van der Waals surface area (Å²) in [6, 6.07) is 3.46. The van der Waals surface area contributed by atoms with Gasteiger partial charge in [-0.3, -0.25) is 0 Å². The molecule has 1 aromatic carbocycles. The highest BCUT2D eigenvalue weighted by molar-refractivity contribution is 14.1. The van der Waals surface area contributed by atoms with Crippen molar-refractivity contribution in [2.24, 2.45) is 0 Å². The van der Waals surface area contributed by atoms with Crippen molar-refractivity contribution in [1.29, 1.82) is 0 Å².